The van der Waals surface area contributed by atoms with Gasteiger partial charge in [-0.25, -0.2) is 17.2 Å². The lowest BCUT2D eigenvalue weighted by Gasteiger charge is -2.13. The molecule has 1 atom stereocenters. The van der Waals surface area contributed by atoms with Crippen LogP contribution in [0.3, 0.4) is 0 Å². The lowest BCUT2D eigenvalue weighted by molar-refractivity contribution is 0.0697. The molecule has 0 amide bonds. The van der Waals surface area contributed by atoms with Crippen molar-refractivity contribution >= 4 is 27.6 Å². The lowest BCUT2D eigenvalue weighted by Crippen LogP contribution is -2.16. The Balaban J connectivity index is 1.94. The zero-order valence-electron chi connectivity index (χ0n) is 15.6. The van der Waals surface area contributed by atoms with Crippen LogP contribution in [-0.4, -0.2) is 30.5 Å². The predicted molar refractivity (Wildman–Crippen MR) is 111 cm³/mol. The average Bonchev–Trinajstić information content (AvgIpc) is 3.27. The van der Waals surface area contributed by atoms with Gasteiger partial charge < -0.3 is 10.4 Å². The van der Waals surface area contributed by atoms with Gasteiger partial charge in [-0.3, -0.25) is 0 Å². The smallest absolute Gasteiger partial charge is 0.335 e. The van der Waals surface area contributed by atoms with Crippen LogP contribution in [0, 0.1) is 0 Å². The number of carboxylic acids is 1. The zero-order valence-corrected chi connectivity index (χ0v) is 17.2. The van der Waals surface area contributed by atoms with E-state index in [1.165, 1.54) is 28.2 Å². The normalized spacial score (nSPS) is 16.0. The van der Waals surface area contributed by atoms with Crippen molar-refractivity contribution in [2.24, 2.45) is 0 Å². The average molecular weight is 431 g/mol. The van der Waals surface area contributed by atoms with Gasteiger partial charge in [0.15, 0.2) is 0 Å². The number of nitrogens with zero attached hydrogens (tertiary/aromatic N) is 1. The van der Waals surface area contributed by atoms with Crippen LogP contribution in [0.15, 0.2) is 59.6 Å². The van der Waals surface area contributed by atoms with Gasteiger partial charge in [-0.1, -0.05) is 29.8 Å². The molecule has 0 radical (unpaired) electrons. The van der Waals surface area contributed by atoms with E-state index in [4.69, 9.17) is 16.7 Å². The van der Waals surface area contributed by atoms with E-state index in [1.807, 2.05) is 7.05 Å². The fourth-order valence-electron chi connectivity index (χ4n) is 3.85. The summed E-state index contributed by atoms with van der Waals surface area (Å²) in [6, 6.07) is 12.5. The van der Waals surface area contributed by atoms with E-state index in [-0.39, 0.29) is 16.5 Å². The molecule has 0 saturated heterocycles. The van der Waals surface area contributed by atoms with E-state index in [0.29, 0.717) is 16.3 Å². The van der Waals surface area contributed by atoms with Gasteiger partial charge in [0.1, 0.15) is 0 Å². The van der Waals surface area contributed by atoms with Crippen LogP contribution in [0.1, 0.15) is 33.9 Å². The summed E-state index contributed by atoms with van der Waals surface area (Å²) in [7, 11) is -2.04. The van der Waals surface area contributed by atoms with Crippen molar-refractivity contribution in [3.63, 3.8) is 0 Å². The SMILES string of the molecule is CNC1CCc2c1cn(S(=O)(=O)c1cccc(Cl)c1)c2-c1ccc(C(=O)O)cc1. The molecule has 2 aromatic carbocycles. The Morgan fingerprint density at radius 2 is 1.93 bits per heavy atom. The van der Waals surface area contributed by atoms with E-state index in [0.717, 1.165) is 24.0 Å². The summed E-state index contributed by atoms with van der Waals surface area (Å²) in [4.78, 5) is 11.3. The van der Waals surface area contributed by atoms with E-state index in [9.17, 15) is 13.2 Å². The van der Waals surface area contributed by atoms with Crippen molar-refractivity contribution in [2.45, 2.75) is 23.8 Å². The maximum Gasteiger partial charge on any atom is 0.335 e. The van der Waals surface area contributed by atoms with E-state index in [1.54, 1.807) is 30.5 Å². The summed E-state index contributed by atoms with van der Waals surface area (Å²) in [5.41, 5.74) is 3.26. The molecular formula is C21H19ClN2O4S. The first-order chi connectivity index (χ1) is 13.8. The number of fused-ring (bicyclic) bond motifs is 1. The molecule has 0 spiro atoms. The van der Waals surface area contributed by atoms with Gasteiger partial charge in [-0.2, -0.15) is 0 Å². The Morgan fingerprint density at radius 3 is 2.55 bits per heavy atom. The Hall–Kier alpha value is -2.61. The third-order valence-electron chi connectivity index (χ3n) is 5.28. The van der Waals surface area contributed by atoms with Crippen molar-refractivity contribution in [2.75, 3.05) is 7.05 Å². The molecule has 29 heavy (non-hydrogen) atoms. The number of hydrogen-bond acceptors (Lipinski definition) is 4. The summed E-state index contributed by atoms with van der Waals surface area (Å²) >= 11 is 6.02. The van der Waals surface area contributed by atoms with Crippen LogP contribution in [0.5, 0.6) is 0 Å². The van der Waals surface area contributed by atoms with Crippen molar-refractivity contribution in [3.05, 3.63) is 76.4 Å². The highest BCUT2D eigenvalue weighted by molar-refractivity contribution is 7.90. The first-order valence-electron chi connectivity index (χ1n) is 9.09. The monoisotopic (exact) mass is 430 g/mol. The number of rotatable bonds is 5. The van der Waals surface area contributed by atoms with Crippen LogP contribution in [-0.2, 0) is 16.4 Å². The molecule has 150 valence electrons. The Morgan fingerprint density at radius 1 is 1.21 bits per heavy atom. The number of hydrogen-bond donors (Lipinski definition) is 2. The van der Waals surface area contributed by atoms with Crippen molar-refractivity contribution in [3.8, 4) is 11.3 Å². The number of carbonyl (C=O) groups is 1. The molecule has 1 unspecified atom stereocenters. The third kappa shape index (κ3) is 3.35. The Kier molecular flexibility index (Phi) is 4.98. The molecule has 1 aliphatic carbocycles. The second-order valence-electron chi connectivity index (χ2n) is 6.93. The van der Waals surface area contributed by atoms with Gasteiger partial charge in [0.2, 0.25) is 0 Å². The fourth-order valence-corrected chi connectivity index (χ4v) is 5.57. The maximum absolute atomic E-state index is 13.4. The second-order valence-corrected chi connectivity index (χ2v) is 9.18. The highest BCUT2D eigenvalue weighted by atomic mass is 35.5. The standard InChI is InChI=1S/C21H19ClN2O4S/c1-23-19-10-9-17-18(19)12-24(29(27,28)16-4-2-3-15(22)11-16)20(17)13-5-7-14(8-6-13)21(25)26/h2-8,11-12,19,23H,9-10H2,1H3,(H,25,26). The van der Waals surface area contributed by atoms with Crippen LogP contribution >= 0.6 is 11.6 Å². The minimum absolute atomic E-state index is 0.0675. The zero-order chi connectivity index (χ0) is 20.8. The molecule has 4 rings (SSSR count). The van der Waals surface area contributed by atoms with Gasteiger partial charge in [0.05, 0.1) is 16.2 Å². The predicted octanol–water partition coefficient (Wildman–Crippen LogP) is 3.95. The number of benzene rings is 2. The molecule has 0 fully saturated rings. The minimum Gasteiger partial charge on any atom is -0.478 e. The van der Waals surface area contributed by atoms with Crippen molar-refractivity contribution in [1.82, 2.24) is 9.29 Å². The molecule has 0 saturated carbocycles. The second kappa shape index (κ2) is 7.33. The third-order valence-corrected chi connectivity index (χ3v) is 7.17. The van der Waals surface area contributed by atoms with Gasteiger partial charge in [-0.05, 0) is 66.9 Å². The molecule has 0 aliphatic heterocycles. The quantitative estimate of drug-likeness (QED) is 0.639. The van der Waals surface area contributed by atoms with Gasteiger partial charge in [-0.15, -0.1) is 0 Å². The number of aromatic nitrogens is 1. The Labute approximate surface area is 173 Å². The summed E-state index contributed by atoms with van der Waals surface area (Å²) in [5.74, 6) is -1.03. The molecule has 2 N–H and O–H groups in total. The highest BCUT2D eigenvalue weighted by Gasteiger charge is 2.32. The molecule has 1 aliphatic rings. The molecule has 1 heterocycles. The molecule has 0 bridgehead atoms. The van der Waals surface area contributed by atoms with Crippen molar-refractivity contribution < 1.29 is 18.3 Å². The summed E-state index contributed by atoms with van der Waals surface area (Å²) in [6.07, 6.45) is 3.27. The molecule has 3 aromatic rings. The largest absolute Gasteiger partial charge is 0.478 e. The Bertz CT molecular complexity index is 1200. The first kappa shape index (κ1) is 19.7. The molecule has 6 nitrogen and oxygen atoms in total. The van der Waals surface area contributed by atoms with Gasteiger partial charge in [0.25, 0.3) is 10.0 Å². The topological polar surface area (TPSA) is 88.4 Å². The minimum atomic E-state index is -3.89. The van der Waals surface area contributed by atoms with Crippen LogP contribution in [0.2, 0.25) is 5.02 Å². The number of halogens is 1. The van der Waals surface area contributed by atoms with E-state index < -0.39 is 16.0 Å². The lowest BCUT2D eigenvalue weighted by atomic mass is 10.0. The summed E-state index contributed by atoms with van der Waals surface area (Å²) in [5, 5.41) is 12.7. The summed E-state index contributed by atoms with van der Waals surface area (Å²) in [6.45, 7) is 0. The summed E-state index contributed by atoms with van der Waals surface area (Å²) < 4.78 is 28.2. The fraction of sp³-hybridized carbons (Fsp3) is 0.190. The maximum atomic E-state index is 13.4. The van der Waals surface area contributed by atoms with Gasteiger partial charge in [0, 0.05) is 17.3 Å². The van der Waals surface area contributed by atoms with Crippen molar-refractivity contribution in [1.29, 1.82) is 0 Å². The van der Waals surface area contributed by atoms with Gasteiger partial charge >= 0.3 is 5.97 Å². The van der Waals surface area contributed by atoms with E-state index >= 15 is 0 Å². The molecule has 8 heteroatoms. The van der Waals surface area contributed by atoms with Crippen LogP contribution < -0.4 is 5.32 Å². The van der Waals surface area contributed by atoms with E-state index in [2.05, 4.69) is 5.32 Å². The molecule has 1 aromatic heterocycles. The first-order valence-corrected chi connectivity index (χ1v) is 10.9. The molecular weight excluding hydrogens is 412 g/mol. The number of aromatic carboxylic acids is 1. The number of carboxylic acid groups (broad SMARTS) is 1. The van der Waals surface area contributed by atoms with Crippen LogP contribution in [0.25, 0.3) is 11.3 Å². The highest BCUT2D eigenvalue weighted by Crippen LogP contribution is 2.41. The number of nitrogens with one attached hydrogen (secondary N) is 1. The van der Waals surface area contributed by atoms with Crippen LogP contribution in [0.4, 0.5) is 0 Å².